The van der Waals surface area contributed by atoms with E-state index in [1.165, 1.54) is 28.9 Å². The molecule has 0 unspecified atom stereocenters. The minimum absolute atomic E-state index is 0.0287. The first-order chi connectivity index (χ1) is 13.7. The molecule has 0 fully saturated rings. The lowest BCUT2D eigenvalue weighted by atomic mass is 10.2. The number of alkyl halides is 3. The standard InChI is InChI=1S/C19H14ClF3N4O2/c1-11-16(10-24-25-14-6-2-4-12(8-14)18(28)29)17(20)27(26-11)15-7-3-5-13(9-15)19(21,22)23/h2-9H,10H2,1H3,(H,28,29). The maximum atomic E-state index is 12.9. The average Bonchev–Trinajstić information content (AvgIpc) is 2.96. The molecule has 0 bridgehead atoms. The maximum Gasteiger partial charge on any atom is 0.416 e. The quantitative estimate of drug-likeness (QED) is 0.525. The molecule has 0 saturated carbocycles. The minimum atomic E-state index is -4.48. The molecule has 1 N–H and O–H groups in total. The van der Waals surface area contributed by atoms with Crippen LogP contribution in [-0.4, -0.2) is 20.9 Å². The number of halogens is 4. The molecule has 150 valence electrons. The number of carbonyl (C=O) groups is 1. The van der Waals surface area contributed by atoms with Crippen LogP contribution < -0.4 is 0 Å². The van der Waals surface area contributed by atoms with Gasteiger partial charge in [0.2, 0.25) is 0 Å². The highest BCUT2D eigenvalue weighted by molar-refractivity contribution is 6.30. The Kier molecular flexibility index (Phi) is 5.69. The fraction of sp³-hybridized carbons (Fsp3) is 0.158. The fourth-order valence-electron chi connectivity index (χ4n) is 2.58. The number of aromatic carboxylic acids is 1. The molecule has 1 aromatic heterocycles. The molecule has 0 saturated heterocycles. The van der Waals surface area contributed by atoms with E-state index in [0.717, 1.165) is 12.1 Å². The number of aromatic nitrogens is 2. The summed E-state index contributed by atoms with van der Waals surface area (Å²) in [7, 11) is 0. The second kappa shape index (κ2) is 8.04. The van der Waals surface area contributed by atoms with Gasteiger partial charge in [0, 0.05) is 5.56 Å². The summed E-state index contributed by atoms with van der Waals surface area (Å²) in [5.41, 5.74) is 0.786. The van der Waals surface area contributed by atoms with Crippen LogP contribution in [-0.2, 0) is 12.7 Å². The van der Waals surface area contributed by atoms with Gasteiger partial charge >= 0.3 is 12.1 Å². The van der Waals surface area contributed by atoms with Crippen LogP contribution in [0.25, 0.3) is 5.69 Å². The summed E-state index contributed by atoms with van der Waals surface area (Å²) in [6.07, 6.45) is -4.48. The predicted molar refractivity (Wildman–Crippen MR) is 99.9 cm³/mol. The zero-order valence-corrected chi connectivity index (χ0v) is 15.7. The molecule has 6 nitrogen and oxygen atoms in total. The summed E-state index contributed by atoms with van der Waals surface area (Å²) < 4.78 is 40.1. The molecule has 10 heteroatoms. The summed E-state index contributed by atoms with van der Waals surface area (Å²) in [4.78, 5) is 11.0. The Hall–Kier alpha value is -3.20. The van der Waals surface area contributed by atoms with Crippen molar-refractivity contribution in [2.75, 3.05) is 0 Å². The lowest BCUT2D eigenvalue weighted by molar-refractivity contribution is -0.137. The van der Waals surface area contributed by atoms with E-state index >= 15 is 0 Å². The number of rotatable bonds is 5. The van der Waals surface area contributed by atoms with Gasteiger partial charge in [-0.1, -0.05) is 23.7 Å². The van der Waals surface area contributed by atoms with E-state index in [2.05, 4.69) is 15.3 Å². The number of carboxylic acid groups (broad SMARTS) is 1. The van der Waals surface area contributed by atoms with Crippen molar-refractivity contribution in [2.24, 2.45) is 10.2 Å². The molecule has 0 spiro atoms. The fourth-order valence-corrected chi connectivity index (χ4v) is 2.92. The highest BCUT2D eigenvalue weighted by Crippen LogP contribution is 2.32. The number of carboxylic acids is 1. The van der Waals surface area contributed by atoms with Crippen LogP contribution >= 0.6 is 11.6 Å². The maximum absolute atomic E-state index is 12.9. The van der Waals surface area contributed by atoms with Crippen molar-refractivity contribution in [1.29, 1.82) is 0 Å². The zero-order chi connectivity index (χ0) is 21.2. The summed E-state index contributed by atoms with van der Waals surface area (Å²) in [6, 6.07) is 10.6. The van der Waals surface area contributed by atoms with Crippen LogP contribution in [0, 0.1) is 6.92 Å². The molecule has 0 radical (unpaired) electrons. The molecule has 1 heterocycles. The van der Waals surface area contributed by atoms with Crippen LogP contribution in [0.15, 0.2) is 58.8 Å². The number of hydrogen-bond acceptors (Lipinski definition) is 4. The van der Waals surface area contributed by atoms with Crippen LogP contribution in [0.2, 0.25) is 5.15 Å². The topological polar surface area (TPSA) is 79.8 Å². The van der Waals surface area contributed by atoms with Crippen LogP contribution in [0.5, 0.6) is 0 Å². The highest BCUT2D eigenvalue weighted by atomic mass is 35.5. The Morgan fingerprint density at radius 1 is 1.21 bits per heavy atom. The highest BCUT2D eigenvalue weighted by Gasteiger charge is 2.30. The summed E-state index contributed by atoms with van der Waals surface area (Å²) in [5, 5.41) is 21.3. The molecule has 0 aliphatic heterocycles. The summed E-state index contributed by atoms with van der Waals surface area (Å²) in [6.45, 7) is 1.69. The lowest BCUT2D eigenvalue weighted by Gasteiger charge is -2.09. The van der Waals surface area contributed by atoms with E-state index in [1.54, 1.807) is 19.1 Å². The van der Waals surface area contributed by atoms with Gasteiger partial charge in [-0.05, 0) is 43.3 Å². The number of aryl methyl sites for hydroxylation is 1. The minimum Gasteiger partial charge on any atom is -0.478 e. The number of azo groups is 1. The van der Waals surface area contributed by atoms with Crippen molar-refractivity contribution >= 4 is 23.3 Å². The normalized spacial score (nSPS) is 11.9. The van der Waals surface area contributed by atoms with E-state index in [4.69, 9.17) is 16.7 Å². The Balaban J connectivity index is 1.85. The predicted octanol–water partition coefficient (Wildman–Crippen LogP) is 5.84. The van der Waals surface area contributed by atoms with Gasteiger partial charge in [0.1, 0.15) is 5.15 Å². The zero-order valence-electron chi connectivity index (χ0n) is 15.0. The van der Waals surface area contributed by atoms with Crippen LogP contribution in [0.3, 0.4) is 0 Å². The Morgan fingerprint density at radius 3 is 2.62 bits per heavy atom. The molecule has 3 rings (SSSR count). The van der Waals surface area contributed by atoms with Gasteiger partial charge in [-0.15, -0.1) is 0 Å². The first-order valence-electron chi connectivity index (χ1n) is 8.29. The first kappa shape index (κ1) is 20.5. The second-order valence-corrected chi connectivity index (χ2v) is 6.43. The van der Waals surface area contributed by atoms with Gasteiger partial charge < -0.3 is 5.11 Å². The van der Waals surface area contributed by atoms with Crippen LogP contribution in [0.1, 0.15) is 27.2 Å². The molecular weight excluding hydrogens is 409 g/mol. The van der Waals surface area contributed by atoms with E-state index in [-0.39, 0.29) is 22.9 Å². The molecule has 0 atom stereocenters. The van der Waals surface area contributed by atoms with Crippen molar-refractivity contribution in [3.05, 3.63) is 76.1 Å². The van der Waals surface area contributed by atoms with E-state index < -0.39 is 17.7 Å². The Morgan fingerprint density at radius 2 is 1.93 bits per heavy atom. The van der Waals surface area contributed by atoms with Crippen molar-refractivity contribution in [2.45, 2.75) is 19.6 Å². The molecule has 3 aromatic rings. The molecule has 2 aromatic carbocycles. The Labute approximate surface area is 168 Å². The van der Waals surface area contributed by atoms with Crippen molar-refractivity contribution < 1.29 is 23.1 Å². The van der Waals surface area contributed by atoms with Gasteiger partial charge in [0.15, 0.2) is 0 Å². The number of hydrogen-bond donors (Lipinski definition) is 1. The van der Waals surface area contributed by atoms with E-state index in [0.29, 0.717) is 16.9 Å². The third kappa shape index (κ3) is 4.62. The summed E-state index contributed by atoms with van der Waals surface area (Å²) >= 11 is 6.32. The molecule has 0 aliphatic rings. The Bertz CT molecular complexity index is 1090. The molecule has 0 amide bonds. The largest absolute Gasteiger partial charge is 0.478 e. The summed E-state index contributed by atoms with van der Waals surface area (Å²) in [5.74, 6) is -1.08. The average molecular weight is 423 g/mol. The number of benzene rings is 2. The van der Waals surface area contributed by atoms with Crippen molar-refractivity contribution in [1.82, 2.24) is 9.78 Å². The first-order valence-corrected chi connectivity index (χ1v) is 8.67. The van der Waals surface area contributed by atoms with Crippen LogP contribution in [0.4, 0.5) is 18.9 Å². The second-order valence-electron chi connectivity index (χ2n) is 6.07. The van der Waals surface area contributed by atoms with Gasteiger partial charge in [-0.3, -0.25) is 0 Å². The van der Waals surface area contributed by atoms with Gasteiger partial charge in [-0.25, -0.2) is 9.48 Å². The van der Waals surface area contributed by atoms with Crippen molar-refractivity contribution in [3.63, 3.8) is 0 Å². The van der Waals surface area contributed by atoms with Crippen molar-refractivity contribution in [3.8, 4) is 5.69 Å². The molecule has 0 aliphatic carbocycles. The van der Waals surface area contributed by atoms with Gasteiger partial charge in [0.25, 0.3) is 0 Å². The van der Waals surface area contributed by atoms with E-state index in [9.17, 15) is 18.0 Å². The number of nitrogens with zero attached hydrogens (tertiary/aromatic N) is 4. The third-order valence-corrected chi connectivity index (χ3v) is 4.44. The van der Waals surface area contributed by atoms with Gasteiger partial charge in [0.05, 0.1) is 34.7 Å². The van der Waals surface area contributed by atoms with Gasteiger partial charge in [-0.2, -0.15) is 28.5 Å². The third-order valence-electron chi connectivity index (χ3n) is 4.05. The van der Waals surface area contributed by atoms with E-state index in [1.807, 2.05) is 0 Å². The molecular formula is C19H14ClF3N4O2. The lowest BCUT2D eigenvalue weighted by Crippen LogP contribution is -2.06. The molecule has 29 heavy (non-hydrogen) atoms. The monoisotopic (exact) mass is 422 g/mol. The smallest absolute Gasteiger partial charge is 0.416 e. The SMILES string of the molecule is Cc1nn(-c2cccc(C(F)(F)F)c2)c(Cl)c1CN=Nc1cccc(C(=O)O)c1.